The van der Waals surface area contributed by atoms with Crippen LogP contribution in [0.3, 0.4) is 0 Å². The molecule has 0 spiro atoms. The average molecular weight is 248 g/mol. The van der Waals surface area contributed by atoms with E-state index in [1.807, 2.05) is 6.92 Å². The first-order valence-electron chi connectivity index (χ1n) is 6.24. The van der Waals surface area contributed by atoms with Gasteiger partial charge in [-0.1, -0.05) is 13.8 Å². The van der Waals surface area contributed by atoms with E-state index >= 15 is 0 Å². The van der Waals surface area contributed by atoms with Crippen LogP contribution >= 0.6 is 0 Å². The third-order valence-electron chi connectivity index (χ3n) is 3.16. The second-order valence-corrected chi connectivity index (χ2v) is 6.73. The van der Waals surface area contributed by atoms with Gasteiger partial charge < -0.3 is 5.32 Å². The lowest BCUT2D eigenvalue weighted by atomic mass is 10.2. The third-order valence-corrected chi connectivity index (χ3v) is 5.00. The van der Waals surface area contributed by atoms with Crippen molar-refractivity contribution in [1.29, 1.82) is 0 Å². The van der Waals surface area contributed by atoms with Crippen molar-refractivity contribution in [2.75, 3.05) is 37.7 Å². The SMILES string of the molecule is CCCS(=O)(=O)CCN(CC)C1CCNC1. The summed E-state index contributed by atoms with van der Waals surface area (Å²) >= 11 is 0. The van der Waals surface area contributed by atoms with Crippen LogP contribution in [-0.4, -0.2) is 57.0 Å². The van der Waals surface area contributed by atoms with Crippen LogP contribution in [-0.2, 0) is 9.84 Å². The van der Waals surface area contributed by atoms with E-state index in [4.69, 9.17) is 0 Å². The van der Waals surface area contributed by atoms with Gasteiger partial charge in [0, 0.05) is 24.9 Å². The molecule has 0 aliphatic carbocycles. The lowest BCUT2D eigenvalue weighted by Gasteiger charge is -2.26. The average Bonchev–Trinajstić information content (AvgIpc) is 2.72. The molecule has 1 N–H and O–H groups in total. The highest BCUT2D eigenvalue weighted by atomic mass is 32.2. The molecule has 1 rings (SSSR count). The number of hydrogen-bond donors (Lipinski definition) is 1. The molecule has 0 aromatic heterocycles. The second kappa shape index (κ2) is 6.57. The van der Waals surface area contributed by atoms with Crippen LogP contribution in [0, 0.1) is 0 Å². The summed E-state index contributed by atoms with van der Waals surface area (Å²) in [6.45, 7) is 7.70. The summed E-state index contributed by atoms with van der Waals surface area (Å²) < 4.78 is 23.2. The van der Waals surface area contributed by atoms with E-state index in [0.29, 0.717) is 24.1 Å². The summed E-state index contributed by atoms with van der Waals surface area (Å²) in [4.78, 5) is 2.28. The van der Waals surface area contributed by atoms with Crippen molar-refractivity contribution in [3.63, 3.8) is 0 Å². The molecule has 0 radical (unpaired) electrons. The summed E-state index contributed by atoms with van der Waals surface area (Å²) in [6.07, 6.45) is 1.86. The molecule has 1 atom stereocenters. The van der Waals surface area contributed by atoms with Gasteiger partial charge in [-0.25, -0.2) is 8.42 Å². The molecule has 1 saturated heterocycles. The van der Waals surface area contributed by atoms with Gasteiger partial charge in [0.15, 0.2) is 9.84 Å². The summed E-state index contributed by atoms with van der Waals surface area (Å²) in [5.74, 6) is 0.638. The van der Waals surface area contributed by atoms with Gasteiger partial charge in [0.1, 0.15) is 0 Å². The minimum atomic E-state index is -2.83. The molecule has 1 fully saturated rings. The quantitative estimate of drug-likeness (QED) is 0.712. The highest BCUT2D eigenvalue weighted by Crippen LogP contribution is 2.08. The van der Waals surface area contributed by atoms with Crippen LogP contribution in [0.15, 0.2) is 0 Å². The minimum absolute atomic E-state index is 0.311. The summed E-state index contributed by atoms with van der Waals surface area (Å²) in [5.41, 5.74) is 0. The molecule has 1 aliphatic heterocycles. The van der Waals surface area contributed by atoms with E-state index in [2.05, 4.69) is 17.1 Å². The summed E-state index contributed by atoms with van der Waals surface area (Å²) in [6, 6.07) is 0.529. The zero-order chi connectivity index (χ0) is 12.0. The van der Waals surface area contributed by atoms with E-state index in [-0.39, 0.29) is 0 Å². The molecule has 5 heteroatoms. The number of sulfone groups is 1. The minimum Gasteiger partial charge on any atom is -0.315 e. The van der Waals surface area contributed by atoms with E-state index in [9.17, 15) is 8.42 Å². The Morgan fingerprint density at radius 2 is 2.06 bits per heavy atom. The van der Waals surface area contributed by atoms with Crippen LogP contribution in [0.5, 0.6) is 0 Å². The van der Waals surface area contributed by atoms with Gasteiger partial charge >= 0.3 is 0 Å². The maximum absolute atomic E-state index is 11.6. The fraction of sp³-hybridized carbons (Fsp3) is 1.00. The normalized spacial score (nSPS) is 21.8. The first-order valence-corrected chi connectivity index (χ1v) is 8.06. The smallest absolute Gasteiger partial charge is 0.151 e. The van der Waals surface area contributed by atoms with E-state index < -0.39 is 9.84 Å². The highest BCUT2D eigenvalue weighted by Gasteiger charge is 2.22. The monoisotopic (exact) mass is 248 g/mol. The van der Waals surface area contributed by atoms with E-state index in [1.54, 1.807) is 0 Å². The molecule has 96 valence electrons. The lowest BCUT2D eigenvalue weighted by Crippen LogP contribution is -2.39. The van der Waals surface area contributed by atoms with Crippen LogP contribution in [0.2, 0.25) is 0 Å². The van der Waals surface area contributed by atoms with Crippen LogP contribution in [0.25, 0.3) is 0 Å². The zero-order valence-corrected chi connectivity index (χ0v) is 11.2. The second-order valence-electron chi connectivity index (χ2n) is 4.43. The van der Waals surface area contributed by atoms with Crippen molar-refractivity contribution >= 4 is 9.84 Å². The highest BCUT2D eigenvalue weighted by molar-refractivity contribution is 7.91. The maximum atomic E-state index is 11.6. The summed E-state index contributed by atoms with van der Waals surface area (Å²) in [7, 11) is -2.83. The Kier molecular flexibility index (Phi) is 5.72. The Morgan fingerprint density at radius 1 is 1.31 bits per heavy atom. The maximum Gasteiger partial charge on any atom is 0.151 e. The van der Waals surface area contributed by atoms with Crippen molar-refractivity contribution < 1.29 is 8.42 Å². The van der Waals surface area contributed by atoms with Gasteiger partial charge in [-0.15, -0.1) is 0 Å². The Morgan fingerprint density at radius 3 is 2.56 bits per heavy atom. The van der Waals surface area contributed by atoms with Gasteiger partial charge in [0.2, 0.25) is 0 Å². The van der Waals surface area contributed by atoms with Crippen molar-refractivity contribution in [3.05, 3.63) is 0 Å². The van der Waals surface area contributed by atoms with E-state index in [1.165, 1.54) is 0 Å². The van der Waals surface area contributed by atoms with Crippen LogP contribution < -0.4 is 5.32 Å². The van der Waals surface area contributed by atoms with Crippen LogP contribution in [0.4, 0.5) is 0 Å². The van der Waals surface area contributed by atoms with Gasteiger partial charge in [0.25, 0.3) is 0 Å². The fourth-order valence-corrected chi connectivity index (χ4v) is 3.56. The molecule has 1 heterocycles. The predicted molar refractivity (Wildman–Crippen MR) is 67.5 cm³/mol. The van der Waals surface area contributed by atoms with Gasteiger partial charge in [-0.05, 0) is 25.9 Å². The lowest BCUT2D eigenvalue weighted by molar-refractivity contribution is 0.232. The standard InChI is InChI=1S/C11H24N2O2S/c1-3-8-16(14,15)9-7-13(4-2)11-5-6-12-10-11/h11-12H,3-10H2,1-2H3. The molecule has 1 aliphatic rings. The molecule has 0 aromatic carbocycles. The van der Waals surface area contributed by atoms with E-state index in [0.717, 1.165) is 32.5 Å². The zero-order valence-electron chi connectivity index (χ0n) is 10.4. The van der Waals surface area contributed by atoms with Crippen molar-refractivity contribution in [3.8, 4) is 0 Å². The Balaban J connectivity index is 2.39. The molecule has 0 bridgehead atoms. The topological polar surface area (TPSA) is 49.4 Å². The third kappa shape index (κ3) is 4.39. The van der Waals surface area contributed by atoms with Crippen molar-refractivity contribution in [2.24, 2.45) is 0 Å². The van der Waals surface area contributed by atoms with Crippen molar-refractivity contribution in [1.82, 2.24) is 10.2 Å². The van der Waals surface area contributed by atoms with Crippen molar-refractivity contribution in [2.45, 2.75) is 32.7 Å². The number of likely N-dealkylation sites (N-methyl/N-ethyl adjacent to an activating group) is 1. The number of rotatable bonds is 7. The van der Waals surface area contributed by atoms with Crippen LogP contribution in [0.1, 0.15) is 26.7 Å². The fourth-order valence-electron chi connectivity index (χ4n) is 2.22. The van der Waals surface area contributed by atoms with Gasteiger partial charge in [-0.2, -0.15) is 0 Å². The molecular formula is C11H24N2O2S. The predicted octanol–water partition coefficient (Wildman–Crippen LogP) is 0.495. The molecular weight excluding hydrogens is 224 g/mol. The Labute approximate surface area is 99.3 Å². The molecule has 4 nitrogen and oxygen atoms in total. The first-order chi connectivity index (χ1) is 7.59. The molecule has 0 amide bonds. The number of nitrogens with one attached hydrogen (secondary N) is 1. The molecule has 0 aromatic rings. The Bertz CT molecular complexity index is 284. The molecule has 16 heavy (non-hydrogen) atoms. The van der Waals surface area contributed by atoms with Gasteiger partial charge in [-0.3, -0.25) is 4.90 Å². The first kappa shape index (κ1) is 13.9. The van der Waals surface area contributed by atoms with Gasteiger partial charge in [0.05, 0.1) is 5.75 Å². The largest absolute Gasteiger partial charge is 0.315 e. The summed E-state index contributed by atoms with van der Waals surface area (Å²) in [5, 5.41) is 3.32. The number of hydrogen-bond acceptors (Lipinski definition) is 4. The Hall–Kier alpha value is -0.130. The molecule has 1 unspecified atom stereocenters. The number of nitrogens with zero attached hydrogens (tertiary/aromatic N) is 1. The molecule has 0 saturated carbocycles.